The molecule has 0 atom stereocenters. The molecule has 5 N–H and O–H groups in total. The first kappa shape index (κ1) is 21.7. The third-order valence-corrected chi connectivity index (χ3v) is 3.43. The molecule has 3 heterocycles. The Morgan fingerprint density at radius 3 is 2.52 bits per heavy atom. The molecule has 0 aliphatic rings. The first-order valence-electron chi connectivity index (χ1n) is 7.89. The minimum atomic E-state index is -0.180. The van der Waals surface area contributed by atoms with E-state index < -0.39 is 0 Å². The van der Waals surface area contributed by atoms with Gasteiger partial charge in [0.05, 0.1) is 11.4 Å². The molecule has 0 fully saturated rings. The number of pyridine rings is 3. The number of aliphatic hydroxyl groups is 1. The number of aryl methyl sites for hydroxylation is 1. The summed E-state index contributed by atoms with van der Waals surface area (Å²) < 4.78 is 0. The van der Waals surface area contributed by atoms with Crippen LogP contribution < -0.4 is 10.9 Å². The number of amides is 1. The molecular weight excluding hydrogens is 348 g/mol. The van der Waals surface area contributed by atoms with E-state index in [-0.39, 0.29) is 16.9 Å². The molecule has 0 radical (unpaired) electrons. The van der Waals surface area contributed by atoms with Crippen molar-refractivity contribution in [3.8, 4) is 0 Å². The number of hydrogen-bond acceptors (Lipinski definition) is 5. The Labute approximate surface area is 155 Å². The molecule has 3 aromatic rings. The second-order valence-corrected chi connectivity index (χ2v) is 5.41. The fourth-order valence-corrected chi connectivity index (χ4v) is 2.38. The predicted molar refractivity (Wildman–Crippen MR) is 106 cm³/mol. The van der Waals surface area contributed by atoms with Gasteiger partial charge in [-0.1, -0.05) is 6.07 Å². The van der Waals surface area contributed by atoms with Crippen molar-refractivity contribution in [1.29, 1.82) is 0 Å². The van der Waals surface area contributed by atoms with Crippen LogP contribution in [-0.4, -0.2) is 38.6 Å². The standard InChI is InChI=1S/C18H16N4O2.CH4O.H2O/c1-11-10-14(21-18-15(11)8-9-17(24)22-18)7-6-13-4-3-5-16(20-13)19-12(2)23;1-2;/h3-10H,1-2H3,(H,19,20,23)(H,21,22,24);2H,1H3;1H2/b7-6+;;. The Kier molecular flexibility index (Phi) is 7.99. The summed E-state index contributed by atoms with van der Waals surface area (Å²) in [5.74, 6) is 0.330. The summed E-state index contributed by atoms with van der Waals surface area (Å²) in [6.07, 6.45) is 3.62. The summed E-state index contributed by atoms with van der Waals surface area (Å²) in [5, 5.41) is 10.6. The Morgan fingerprint density at radius 2 is 1.81 bits per heavy atom. The molecule has 0 aromatic carbocycles. The van der Waals surface area contributed by atoms with Crippen LogP contribution in [0.3, 0.4) is 0 Å². The van der Waals surface area contributed by atoms with Gasteiger partial charge in [0, 0.05) is 25.5 Å². The number of carbonyl (C=O) groups excluding carboxylic acids is 1. The maximum Gasteiger partial charge on any atom is 0.249 e. The van der Waals surface area contributed by atoms with E-state index in [9.17, 15) is 9.59 Å². The summed E-state index contributed by atoms with van der Waals surface area (Å²) >= 11 is 0. The molecule has 0 saturated carbocycles. The molecule has 0 aliphatic heterocycles. The fourth-order valence-electron chi connectivity index (χ4n) is 2.38. The predicted octanol–water partition coefficient (Wildman–Crippen LogP) is 1.54. The van der Waals surface area contributed by atoms with Gasteiger partial charge >= 0.3 is 0 Å². The quantitative estimate of drug-likeness (QED) is 0.641. The topological polar surface area (TPSA) is 139 Å². The van der Waals surface area contributed by atoms with Crippen LogP contribution in [0.1, 0.15) is 23.9 Å². The molecule has 0 spiro atoms. The van der Waals surface area contributed by atoms with Crippen molar-refractivity contribution in [2.45, 2.75) is 13.8 Å². The molecule has 142 valence electrons. The van der Waals surface area contributed by atoms with E-state index in [0.29, 0.717) is 22.9 Å². The number of H-pyrrole nitrogens is 1. The second kappa shape index (κ2) is 9.95. The summed E-state index contributed by atoms with van der Waals surface area (Å²) in [4.78, 5) is 34.0. The van der Waals surface area contributed by atoms with Crippen molar-refractivity contribution in [3.63, 3.8) is 0 Å². The summed E-state index contributed by atoms with van der Waals surface area (Å²) in [6.45, 7) is 3.40. The van der Waals surface area contributed by atoms with Crippen molar-refractivity contribution >= 4 is 34.9 Å². The number of rotatable bonds is 3. The molecule has 8 nitrogen and oxygen atoms in total. The van der Waals surface area contributed by atoms with Gasteiger partial charge < -0.3 is 20.9 Å². The van der Waals surface area contributed by atoms with E-state index in [0.717, 1.165) is 18.1 Å². The third kappa shape index (κ3) is 5.84. The molecule has 27 heavy (non-hydrogen) atoms. The van der Waals surface area contributed by atoms with E-state index in [1.54, 1.807) is 18.2 Å². The SMILES string of the molecule is CC(=O)Nc1cccc(/C=C/c2cc(C)c3ccc(=O)[nH]c3n2)n1.CO.O. The molecule has 0 bridgehead atoms. The third-order valence-electron chi connectivity index (χ3n) is 3.43. The zero-order valence-electron chi connectivity index (χ0n) is 15.3. The van der Waals surface area contributed by atoms with Crippen LogP contribution in [0.4, 0.5) is 5.82 Å². The number of hydrogen-bond donors (Lipinski definition) is 3. The number of aliphatic hydroxyl groups excluding tert-OH is 1. The van der Waals surface area contributed by atoms with E-state index in [2.05, 4.69) is 20.3 Å². The highest BCUT2D eigenvalue weighted by atomic mass is 16.2. The maximum atomic E-state index is 11.5. The number of anilines is 1. The highest BCUT2D eigenvalue weighted by molar-refractivity contribution is 5.87. The van der Waals surface area contributed by atoms with Crippen molar-refractivity contribution in [2.75, 3.05) is 12.4 Å². The van der Waals surface area contributed by atoms with E-state index in [4.69, 9.17) is 5.11 Å². The Morgan fingerprint density at radius 1 is 1.11 bits per heavy atom. The smallest absolute Gasteiger partial charge is 0.249 e. The first-order valence-corrected chi connectivity index (χ1v) is 7.89. The summed E-state index contributed by atoms with van der Waals surface area (Å²) in [7, 11) is 1.00. The largest absolute Gasteiger partial charge is 0.412 e. The van der Waals surface area contributed by atoms with Crippen LogP contribution in [0.2, 0.25) is 0 Å². The van der Waals surface area contributed by atoms with Crippen molar-refractivity contribution < 1.29 is 15.4 Å². The van der Waals surface area contributed by atoms with Gasteiger partial charge in [-0.15, -0.1) is 0 Å². The van der Waals surface area contributed by atoms with Gasteiger partial charge in [-0.25, -0.2) is 9.97 Å². The van der Waals surface area contributed by atoms with Gasteiger partial charge in [0.25, 0.3) is 0 Å². The average Bonchev–Trinajstić information content (AvgIpc) is 2.61. The number of aromatic amines is 1. The van der Waals surface area contributed by atoms with E-state index in [1.807, 2.05) is 31.2 Å². The van der Waals surface area contributed by atoms with Crippen LogP contribution in [0.15, 0.2) is 41.2 Å². The highest BCUT2D eigenvalue weighted by Crippen LogP contribution is 2.16. The Bertz CT molecular complexity index is 1010. The zero-order chi connectivity index (χ0) is 19.1. The normalized spacial score (nSPS) is 10.1. The number of nitrogens with zero attached hydrogens (tertiary/aromatic N) is 2. The van der Waals surface area contributed by atoms with Crippen LogP contribution in [0.25, 0.3) is 23.2 Å². The van der Waals surface area contributed by atoms with Crippen LogP contribution in [0.5, 0.6) is 0 Å². The lowest BCUT2D eigenvalue weighted by Gasteiger charge is -2.03. The molecular formula is C19H22N4O4. The minimum absolute atomic E-state index is 0. The van der Waals surface area contributed by atoms with Crippen molar-refractivity contribution in [1.82, 2.24) is 15.0 Å². The summed E-state index contributed by atoms with van der Waals surface area (Å²) in [6, 6.07) is 10.6. The lowest BCUT2D eigenvalue weighted by atomic mass is 10.1. The number of aromatic nitrogens is 3. The van der Waals surface area contributed by atoms with Gasteiger partial charge in [-0.3, -0.25) is 9.59 Å². The first-order chi connectivity index (χ1) is 12.5. The highest BCUT2D eigenvalue weighted by Gasteiger charge is 2.02. The van der Waals surface area contributed by atoms with E-state index >= 15 is 0 Å². The molecule has 3 aromatic heterocycles. The van der Waals surface area contributed by atoms with Crippen LogP contribution in [-0.2, 0) is 4.79 Å². The van der Waals surface area contributed by atoms with Crippen molar-refractivity contribution in [3.05, 3.63) is 63.7 Å². The molecule has 0 aliphatic carbocycles. The lowest BCUT2D eigenvalue weighted by Crippen LogP contribution is -2.07. The lowest BCUT2D eigenvalue weighted by molar-refractivity contribution is -0.114. The number of nitrogens with one attached hydrogen (secondary N) is 2. The molecule has 1 amide bonds. The van der Waals surface area contributed by atoms with Gasteiger partial charge in [-0.05, 0) is 48.9 Å². The zero-order valence-corrected chi connectivity index (χ0v) is 15.3. The second-order valence-electron chi connectivity index (χ2n) is 5.41. The molecule has 0 unspecified atom stereocenters. The monoisotopic (exact) mass is 370 g/mol. The minimum Gasteiger partial charge on any atom is -0.412 e. The maximum absolute atomic E-state index is 11.5. The number of carbonyl (C=O) groups is 1. The van der Waals surface area contributed by atoms with E-state index in [1.165, 1.54) is 13.0 Å². The molecule has 8 heteroatoms. The van der Waals surface area contributed by atoms with Gasteiger partial charge in [-0.2, -0.15) is 0 Å². The van der Waals surface area contributed by atoms with Crippen LogP contribution >= 0.6 is 0 Å². The van der Waals surface area contributed by atoms with Gasteiger partial charge in [0.15, 0.2) is 0 Å². The van der Waals surface area contributed by atoms with Crippen molar-refractivity contribution in [2.24, 2.45) is 0 Å². The average molecular weight is 370 g/mol. The van der Waals surface area contributed by atoms with Gasteiger partial charge in [0.2, 0.25) is 11.5 Å². The molecule has 0 saturated heterocycles. The van der Waals surface area contributed by atoms with Gasteiger partial charge in [0.1, 0.15) is 11.5 Å². The Hall–Kier alpha value is -3.36. The van der Waals surface area contributed by atoms with Crippen LogP contribution in [0, 0.1) is 6.92 Å². The Balaban J connectivity index is 0.00000118. The number of fused-ring (bicyclic) bond motifs is 1. The summed E-state index contributed by atoms with van der Waals surface area (Å²) in [5.41, 5.74) is 2.81. The fraction of sp³-hybridized carbons (Fsp3) is 0.158. The molecule has 3 rings (SSSR count).